The molecule has 118 valence electrons. The summed E-state index contributed by atoms with van der Waals surface area (Å²) in [6.45, 7) is 7.35. The smallest absolute Gasteiger partial charge is 0.410 e. The molecule has 0 N–H and O–H groups in total. The van der Waals surface area contributed by atoms with E-state index < -0.39 is 5.60 Å². The van der Waals surface area contributed by atoms with Gasteiger partial charge < -0.3 is 18.6 Å². The summed E-state index contributed by atoms with van der Waals surface area (Å²) in [5, 5.41) is 0. The fourth-order valence-corrected chi connectivity index (χ4v) is 2.70. The van der Waals surface area contributed by atoms with Gasteiger partial charge in [-0.3, -0.25) is 0 Å². The molecule has 1 aliphatic heterocycles. The monoisotopic (exact) mass is 367 g/mol. The summed E-state index contributed by atoms with van der Waals surface area (Å²) in [5.41, 5.74) is 0.486. The molecule has 7 heteroatoms. The Morgan fingerprint density at radius 1 is 1.36 bits per heavy atom. The number of hydrogen-bond donors (Lipinski definition) is 0. The van der Waals surface area contributed by atoms with Crippen LogP contribution in [0, 0.1) is 0 Å². The lowest BCUT2D eigenvalue weighted by Gasteiger charge is -2.31. The second-order valence-electron chi connectivity index (χ2n) is 6.23. The van der Waals surface area contributed by atoms with E-state index in [0.717, 1.165) is 11.5 Å². The molecule has 0 spiro atoms. The van der Waals surface area contributed by atoms with E-state index in [1.165, 1.54) is 0 Å². The van der Waals surface area contributed by atoms with Crippen LogP contribution < -0.4 is 0 Å². The zero-order valence-corrected chi connectivity index (χ0v) is 14.4. The number of rotatable bonds is 1. The van der Waals surface area contributed by atoms with Gasteiger partial charge in [0.25, 0.3) is 0 Å². The van der Waals surface area contributed by atoms with Crippen molar-refractivity contribution in [3.8, 4) is 11.6 Å². The van der Waals surface area contributed by atoms with Crippen molar-refractivity contribution in [2.24, 2.45) is 0 Å². The molecule has 2 aromatic rings. The lowest BCUT2D eigenvalue weighted by Crippen LogP contribution is -2.41. The van der Waals surface area contributed by atoms with E-state index >= 15 is 0 Å². The van der Waals surface area contributed by atoms with Gasteiger partial charge in [-0.05, 0) is 48.8 Å². The minimum absolute atomic E-state index is 0.290. The lowest BCUT2D eigenvalue weighted by atomic mass is 10.2. The zero-order chi connectivity index (χ0) is 15.9. The molecular weight excluding hydrogens is 350 g/mol. The summed E-state index contributed by atoms with van der Waals surface area (Å²) in [5.74, 6) is 1.49. The summed E-state index contributed by atoms with van der Waals surface area (Å²) in [4.78, 5) is 18.3. The van der Waals surface area contributed by atoms with Crippen LogP contribution in [0.3, 0.4) is 0 Å². The standard InChI is InChI=1S/C15H18BrN3O3/c1-15(2,3)22-14(20)18-6-7-19-10(9-18)8-17-13(19)11-4-5-12(16)21-11/h4-5,8H,6-7,9H2,1-3H3. The average molecular weight is 368 g/mol. The van der Waals surface area contributed by atoms with Gasteiger partial charge >= 0.3 is 6.09 Å². The van der Waals surface area contributed by atoms with Crippen LogP contribution in [0.15, 0.2) is 27.4 Å². The molecular formula is C15H18BrN3O3. The molecule has 0 saturated heterocycles. The van der Waals surface area contributed by atoms with Gasteiger partial charge in [0, 0.05) is 13.1 Å². The van der Waals surface area contributed by atoms with E-state index in [-0.39, 0.29) is 6.09 Å². The van der Waals surface area contributed by atoms with Crippen molar-refractivity contribution in [3.63, 3.8) is 0 Å². The molecule has 6 nitrogen and oxygen atoms in total. The van der Waals surface area contributed by atoms with E-state index in [2.05, 4.69) is 25.5 Å². The largest absolute Gasteiger partial charge is 0.446 e. The topological polar surface area (TPSA) is 60.5 Å². The predicted molar refractivity (Wildman–Crippen MR) is 84.3 cm³/mol. The van der Waals surface area contributed by atoms with E-state index in [9.17, 15) is 4.79 Å². The van der Waals surface area contributed by atoms with Crippen molar-refractivity contribution in [2.75, 3.05) is 6.54 Å². The van der Waals surface area contributed by atoms with E-state index in [1.54, 1.807) is 11.1 Å². The van der Waals surface area contributed by atoms with Crippen LogP contribution in [0.1, 0.15) is 26.5 Å². The second-order valence-corrected chi connectivity index (χ2v) is 7.01. The highest BCUT2D eigenvalue weighted by atomic mass is 79.9. The molecule has 0 aliphatic carbocycles. The zero-order valence-electron chi connectivity index (χ0n) is 12.8. The number of fused-ring (bicyclic) bond motifs is 1. The molecule has 2 aromatic heterocycles. The van der Waals surface area contributed by atoms with E-state index in [1.807, 2.05) is 32.9 Å². The number of ether oxygens (including phenoxy) is 1. The molecule has 1 amide bonds. The number of imidazole rings is 1. The van der Waals surface area contributed by atoms with Gasteiger partial charge in [-0.2, -0.15) is 0 Å². The van der Waals surface area contributed by atoms with Crippen LogP contribution >= 0.6 is 15.9 Å². The Bertz CT molecular complexity index is 699. The highest BCUT2D eigenvalue weighted by Crippen LogP contribution is 2.27. The maximum Gasteiger partial charge on any atom is 0.410 e. The molecule has 0 saturated carbocycles. The first kappa shape index (κ1) is 15.1. The van der Waals surface area contributed by atoms with Gasteiger partial charge in [0.15, 0.2) is 16.3 Å². The van der Waals surface area contributed by atoms with Crippen molar-refractivity contribution in [1.29, 1.82) is 0 Å². The van der Waals surface area contributed by atoms with Crippen LogP contribution in [0.2, 0.25) is 0 Å². The predicted octanol–water partition coefficient (Wildman–Crippen LogP) is 3.66. The Morgan fingerprint density at radius 3 is 2.77 bits per heavy atom. The number of hydrogen-bond acceptors (Lipinski definition) is 4. The highest BCUT2D eigenvalue weighted by Gasteiger charge is 2.27. The quantitative estimate of drug-likeness (QED) is 0.771. The normalized spacial score (nSPS) is 14.8. The molecule has 1 aliphatic rings. The van der Waals surface area contributed by atoms with Gasteiger partial charge in [-0.15, -0.1) is 0 Å². The summed E-state index contributed by atoms with van der Waals surface area (Å²) < 4.78 is 13.7. The third-order valence-corrected chi connectivity index (χ3v) is 3.76. The maximum atomic E-state index is 12.2. The van der Waals surface area contributed by atoms with Crippen molar-refractivity contribution >= 4 is 22.0 Å². The number of carbonyl (C=O) groups is 1. The molecule has 0 fully saturated rings. The molecule has 3 rings (SSSR count). The second kappa shape index (κ2) is 5.46. The summed E-state index contributed by atoms with van der Waals surface area (Å²) in [6, 6.07) is 3.72. The van der Waals surface area contributed by atoms with Crippen LogP contribution in [-0.2, 0) is 17.8 Å². The fourth-order valence-electron chi connectivity index (χ4n) is 2.40. The molecule has 22 heavy (non-hydrogen) atoms. The third kappa shape index (κ3) is 3.04. The number of furan rings is 1. The van der Waals surface area contributed by atoms with E-state index in [4.69, 9.17) is 9.15 Å². The molecule has 0 aromatic carbocycles. The number of aromatic nitrogens is 2. The third-order valence-electron chi connectivity index (χ3n) is 3.33. The first-order valence-corrected chi connectivity index (χ1v) is 7.91. The van der Waals surface area contributed by atoms with Crippen molar-refractivity contribution in [1.82, 2.24) is 14.5 Å². The Balaban J connectivity index is 1.78. The molecule has 0 bridgehead atoms. The SMILES string of the molecule is CC(C)(C)OC(=O)N1CCn2c(cnc2-c2ccc(Br)o2)C1. The van der Waals surface area contributed by atoms with Crippen molar-refractivity contribution in [2.45, 2.75) is 39.5 Å². The van der Waals surface area contributed by atoms with Crippen LogP contribution in [0.25, 0.3) is 11.6 Å². The molecule has 0 unspecified atom stereocenters. The fraction of sp³-hybridized carbons (Fsp3) is 0.467. The van der Waals surface area contributed by atoms with Crippen LogP contribution in [-0.4, -0.2) is 32.7 Å². The molecule has 3 heterocycles. The molecule has 0 radical (unpaired) electrons. The first-order chi connectivity index (χ1) is 10.3. The summed E-state index contributed by atoms with van der Waals surface area (Å²) in [6.07, 6.45) is 1.49. The van der Waals surface area contributed by atoms with Crippen LogP contribution in [0.4, 0.5) is 4.79 Å². The number of nitrogens with zero attached hydrogens (tertiary/aromatic N) is 3. The van der Waals surface area contributed by atoms with Gasteiger partial charge in [-0.25, -0.2) is 9.78 Å². The Kier molecular flexibility index (Phi) is 3.76. The average Bonchev–Trinajstić information content (AvgIpc) is 3.01. The van der Waals surface area contributed by atoms with Crippen LogP contribution in [0.5, 0.6) is 0 Å². The van der Waals surface area contributed by atoms with E-state index in [0.29, 0.717) is 30.1 Å². The lowest BCUT2D eigenvalue weighted by molar-refractivity contribution is 0.0199. The first-order valence-electron chi connectivity index (χ1n) is 7.11. The number of carbonyl (C=O) groups excluding carboxylic acids is 1. The summed E-state index contributed by atoms with van der Waals surface area (Å²) in [7, 11) is 0. The Labute approximate surface area is 137 Å². The van der Waals surface area contributed by atoms with Gasteiger partial charge in [0.2, 0.25) is 0 Å². The van der Waals surface area contributed by atoms with Gasteiger partial charge in [0.05, 0.1) is 18.4 Å². The van der Waals surface area contributed by atoms with Gasteiger partial charge in [0.1, 0.15) is 5.60 Å². The van der Waals surface area contributed by atoms with Crippen molar-refractivity contribution in [3.05, 3.63) is 28.7 Å². The summed E-state index contributed by atoms with van der Waals surface area (Å²) >= 11 is 3.30. The number of amides is 1. The minimum atomic E-state index is -0.486. The Morgan fingerprint density at radius 2 is 2.14 bits per heavy atom. The van der Waals surface area contributed by atoms with Crippen molar-refractivity contribution < 1.29 is 13.9 Å². The molecule has 0 atom stereocenters. The number of halogens is 1. The minimum Gasteiger partial charge on any atom is -0.446 e. The van der Waals surface area contributed by atoms with Gasteiger partial charge in [-0.1, -0.05) is 0 Å². The Hall–Kier alpha value is -1.76. The maximum absolute atomic E-state index is 12.2. The highest BCUT2D eigenvalue weighted by molar-refractivity contribution is 9.10.